The van der Waals surface area contributed by atoms with Gasteiger partial charge in [-0.15, -0.1) is 0 Å². The Morgan fingerprint density at radius 3 is 3.27 bits per heavy atom. The maximum Gasteiger partial charge on any atom is 0.0672 e. The second kappa shape index (κ2) is 4.33. The fourth-order valence-corrected chi connectivity index (χ4v) is 2.19. The first-order chi connectivity index (χ1) is 7.16. The van der Waals surface area contributed by atoms with Crippen LogP contribution in [0.1, 0.15) is 37.1 Å². The van der Waals surface area contributed by atoms with Gasteiger partial charge in [-0.3, -0.25) is 4.68 Å². The summed E-state index contributed by atoms with van der Waals surface area (Å²) in [6.45, 7) is 2.46. The van der Waals surface area contributed by atoms with Gasteiger partial charge in [-0.2, -0.15) is 5.10 Å². The molecule has 1 aromatic heterocycles. The zero-order valence-corrected chi connectivity index (χ0v) is 9.40. The number of hydrogen-bond acceptors (Lipinski definition) is 3. The molecule has 0 aromatic carbocycles. The van der Waals surface area contributed by atoms with E-state index in [1.165, 1.54) is 17.7 Å². The predicted octanol–water partition coefficient (Wildman–Crippen LogP) is 0.768. The number of aliphatic hydroxyl groups excluding tert-OH is 1. The lowest BCUT2D eigenvalue weighted by atomic mass is 9.93. The highest BCUT2D eigenvalue weighted by atomic mass is 16.3. The summed E-state index contributed by atoms with van der Waals surface area (Å²) in [7, 11) is 1.96. The Morgan fingerprint density at radius 2 is 2.53 bits per heavy atom. The van der Waals surface area contributed by atoms with Crippen LogP contribution in [0.25, 0.3) is 0 Å². The molecule has 0 spiro atoms. The van der Waals surface area contributed by atoms with Gasteiger partial charge in [-0.05, 0) is 26.2 Å². The second-order valence-corrected chi connectivity index (χ2v) is 4.41. The number of aliphatic hydroxyl groups is 1. The quantitative estimate of drug-likeness (QED) is 0.773. The van der Waals surface area contributed by atoms with Gasteiger partial charge in [0.05, 0.1) is 11.8 Å². The molecule has 0 bridgehead atoms. The summed E-state index contributed by atoms with van der Waals surface area (Å²) < 4.78 is 1.88. The van der Waals surface area contributed by atoms with Crippen LogP contribution in [0, 0.1) is 0 Å². The van der Waals surface area contributed by atoms with Gasteiger partial charge in [0, 0.05) is 31.4 Å². The molecule has 1 heterocycles. The largest absolute Gasteiger partial charge is 0.392 e. The number of hydrogen-bond donors (Lipinski definition) is 2. The Kier molecular flexibility index (Phi) is 3.07. The molecule has 0 fully saturated rings. The molecule has 0 saturated carbocycles. The summed E-state index contributed by atoms with van der Waals surface area (Å²) in [6.07, 6.45) is 5.22. The van der Waals surface area contributed by atoms with Crippen LogP contribution in [0.2, 0.25) is 0 Å². The van der Waals surface area contributed by atoms with Gasteiger partial charge >= 0.3 is 0 Å². The van der Waals surface area contributed by atoms with Crippen LogP contribution in [-0.4, -0.2) is 27.5 Å². The van der Waals surface area contributed by atoms with Crippen molar-refractivity contribution in [3.05, 3.63) is 17.5 Å². The molecule has 4 nitrogen and oxygen atoms in total. The van der Waals surface area contributed by atoms with Crippen molar-refractivity contribution < 1.29 is 5.11 Å². The molecule has 0 amide bonds. The fraction of sp³-hybridized carbons (Fsp3) is 0.727. The molecular weight excluding hydrogens is 190 g/mol. The van der Waals surface area contributed by atoms with Crippen molar-refractivity contribution in [2.75, 3.05) is 6.54 Å². The summed E-state index contributed by atoms with van der Waals surface area (Å²) in [4.78, 5) is 0. The molecule has 4 heteroatoms. The number of fused-ring (bicyclic) bond motifs is 1. The van der Waals surface area contributed by atoms with Crippen LogP contribution in [0.15, 0.2) is 6.20 Å². The van der Waals surface area contributed by atoms with Crippen molar-refractivity contribution in [2.45, 2.75) is 38.3 Å². The van der Waals surface area contributed by atoms with Crippen LogP contribution in [0.5, 0.6) is 0 Å². The lowest BCUT2D eigenvalue weighted by Crippen LogP contribution is -2.30. The van der Waals surface area contributed by atoms with E-state index in [0.717, 1.165) is 12.8 Å². The average molecular weight is 209 g/mol. The van der Waals surface area contributed by atoms with Gasteiger partial charge in [0.1, 0.15) is 0 Å². The minimum Gasteiger partial charge on any atom is -0.392 e. The van der Waals surface area contributed by atoms with Crippen LogP contribution in [-0.2, 0) is 13.5 Å². The van der Waals surface area contributed by atoms with E-state index >= 15 is 0 Å². The molecule has 15 heavy (non-hydrogen) atoms. The van der Waals surface area contributed by atoms with E-state index in [1.807, 2.05) is 11.7 Å². The lowest BCUT2D eigenvalue weighted by Gasteiger charge is -2.23. The molecule has 2 rings (SSSR count). The molecule has 1 aliphatic rings. The molecule has 2 N–H and O–H groups in total. The third-order valence-electron chi connectivity index (χ3n) is 2.88. The van der Waals surface area contributed by atoms with Gasteiger partial charge < -0.3 is 10.4 Å². The van der Waals surface area contributed by atoms with E-state index in [2.05, 4.69) is 16.6 Å². The van der Waals surface area contributed by atoms with Crippen molar-refractivity contribution in [3.8, 4) is 0 Å². The maximum atomic E-state index is 9.25. The first-order valence-electron chi connectivity index (χ1n) is 5.60. The smallest absolute Gasteiger partial charge is 0.0672 e. The maximum absolute atomic E-state index is 9.25. The van der Waals surface area contributed by atoms with Crippen LogP contribution in [0.3, 0.4) is 0 Å². The van der Waals surface area contributed by atoms with Crippen LogP contribution >= 0.6 is 0 Å². The Balaban J connectivity index is 2.08. The van der Waals surface area contributed by atoms with Crippen LogP contribution in [0.4, 0.5) is 0 Å². The van der Waals surface area contributed by atoms with Crippen molar-refractivity contribution in [1.29, 1.82) is 0 Å². The van der Waals surface area contributed by atoms with E-state index in [9.17, 15) is 5.11 Å². The Bertz CT molecular complexity index is 333. The number of rotatable bonds is 3. The number of aromatic nitrogens is 2. The Morgan fingerprint density at radius 1 is 1.73 bits per heavy atom. The molecule has 0 radical (unpaired) electrons. The second-order valence-electron chi connectivity index (χ2n) is 4.41. The number of nitrogens with zero attached hydrogens (tertiary/aromatic N) is 2. The van der Waals surface area contributed by atoms with Crippen molar-refractivity contribution >= 4 is 0 Å². The first kappa shape index (κ1) is 10.6. The standard InChI is InChI=1S/C11H19N3O/c1-8(15)6-12-10-4-3-5-11-9(10)7-14(2)13-11/h7-8,10,12,15H,3-6H2,1-2H3/t8-,10-/m1/s1. The minimum absolute atomic E-state index is 0.285. The minimum atomic E-state index is -0.285. The molecule has 1 aliphatic carbocycles. The van der Waals surface area contributed by atoms with E-state index in [-0.39, 0.29) is 6.10 Å². The zero-order chi connectivity index (χ0) is 10.8. The fourth-order valence-electron chi connectivity index (χ4n) is 2.19. The van der Waals surface area contributed by atoms with E-state index in [4.69, 9.17) is 0 Å². The predicted molar refractivity (Wildman–Crippen MR) is 58.6 cm³/mol. The highest BCUT2D eigenvalue weighted by molar-refractivity contribution is 5.24. The third kappa shape index (κ3) is 2.38. The van der Waals surface area contributed by atoms with E-state index < -0.39 is 0 Å². The van der Waals surface area contributed by atoms with E-state index in [1.54, 1.807) is 6.92 Å². The van der Waals surface area contributed by atoms with Gasteiger partial charge in [-0.25, -0.2) is 0 Å². The molecule has 0 aliphatic heterocycles. The van der Waals surface area contributed by atoms with Crippen LogP contribution < -0.4 is 5.32 Å². The first-order valence-corrected chi connectivity index (χ1v) is 5.60. The highest BCUT2D eigenvalue weighted by Gasteiger charge is 2.22. The lowest BCUT2D eigenvalue weighted by molar-refractivity contribution is 0.184. The summed E-state index contributed by atoms with van der Waals surface area (Å²) in [5.41, 5.74) is 2.52. The summed E-state index contributed by atoms with van der Waals surface area (Å²) in [6, 6.07) is 0.372. The van der Waals surface area contributed by atoms with Gasteiger partial charge in [0.15, 0.2) is 0 Å². The molecule has 2 atom stereocenters. The van der Waals surface area contributed by atoms with Gasteiger partial charge in [-0.1, -0.05) is 0 Å². The topological polar surface area (TPSA) is 50.1 Å². The summed E-state index contributed by atoms with van der Waals surface area (Å²) in [5, 5.41) is 17.1. The van der Waals surface area contributed by atoms with Gasteiger partial charge in [0.2, 0.25) is 0 Å². The van der Waals surface area contributed by atoms with Gasteiger partial charge in [0.25, 0.3) is 0 Å². The summed E-state index contributed by atoms with van der Waals surface area (Å²) >= 11 is 0. The Labute approximate surface area is 90.3 Å². The molecule has 0 saturated heterocycles. The van der Waals surface area contributed by atoms with Crippen molar-refractivity contribution in [2.24, 2.45) is 7.05 Å². The monoisotopic (exact) mass is 209 g/mol. The van der Waals surface area contributed by atoms with Crippen molar-refractivity contribution in [1.82, 2.24) is 15.1 Å². The average Bonchev–Trinajstić information content (AvgIpc) is 2.55. The summed E-state index contributed by atoms with van der Waals surface area (Å²) in [5.74, 6) is 0. The zero-order valence-electron chi connectivity index (χ0n) is 9.40. The third-order valence-corrected chi connectivity index (χ3v) is 2.88. The normalized spacial score (nSPS) is 22.5. The Hall–Kier alpha value is -0.870. The molecular formula is C11H19N3O. The molecule has 1 aromatic rings. The highest BCUT2D eigenvalue weighted by Crippen LogP contribution is 2.28. The van der Waals surface area contributed by atoms with E-state index in [0.29, 0.717) is 12.6 Å². The van der Waals surface area contributed by atoms with Crippen molar-refractivity contribution in [3.63, 3.8) is 0 Å². The molecule has 0 unspecified atom stereocenters. The number of aryl methyl sites for hydroxylation is 2. The number of nitrogens with one attached hydrogen (secondary N) is 1. The SMILES string of the molecule is C[C@@H](O)CN[C@@H]1CCCc2nn(C)cc21. The molecule has 84 valence electrons.